The minimum absolute atomic E-state index is 0.475. The van der Waals surface area contributed by atoms with Crippen molar-refractivity contribution in [1.29, 1.82) is 0 Å². The first kappa shape index (κ1) is 17.4. The summed E-state index contributed by atoms with van der Waals surface area (Å²) in [6.45, 7) is 1.33. The van der Waals surface area contributed by atoms with Crippen molar-refractivity contribution >= 4 is 28.6 Å². The molecule has 3 aromatic rings. The fourth-order valence-corrected chi connectivity index (χ4v) is 2.60. The van der Waals surface area contributed by atoms with E-state index in [9.17, 15) is 14.7 Å². The zero-order chi connectivity index (χ0) is 18.7. The first-order valence-corrected chi connectivity index (χ1v) is 7.90. The quantitative estimate of drug-likeness (QED) is 0.644. The molecule has 0 radical (unpaired) electrons. The SMILES string of the molecule is Cc1cccc(-n2ncc3ccc(NC(=O)[C@H](CO)OC(N)=O)cc32)c1. The molecule has 0 aliphatic rings. The molecule has 3 rings (SSSR count). The van der Waals surface area contributed by atoms with E-state index in [0.29, 0.717) is 5.69 Å². The highest BCUT2D eigenvalue weighted by Crippen LogP contribution is 2.22. The molecule has 0 unspecified atom stereocenters. The molecule has 1 atom stereocenters. The number of carbonyl (C=O) groups excluding carboxylic acids is 2. The molecule has 0 saturated heterocycles. The molecule has 0 aliphatic heterocycles. The van der Waals surface area contributed by atoms with Crippen molar-refractivity contribution in [3.63, 3.8) is 0 Å². The maximum Gasteiger partial charge on any atom is 0.405 e. The first-order valence-electron chi connectivity index (χ1n) is 7.90. The van der Waals surface area contributed by atoms with Crippen molar-refractivity contribution in [3.8, 4) is 5.69 Å². The maximum atomic E-state index is 12.1. The number of carbonyl (C=O) groups is 2. The van der Waals surface area contributed by atoms with Crippen molar-refractivity contribution in [1.82, 2.24) is 9.78 Å². The molecule has 0 saturated carbocycles. The highest BCUT2D eigenvalue weighted by atomic mass is 16.6. The smallest absolute Gasteiger partial charge is 0.405 e. The van der Waals surface area contributed by atoms with Crippen LogP contribution in [0.2, 0.25) is 0 Å². The number of nitrogens with one attached hydrogen (secondary N) is 1. The molecule has 1 aromatic heterocycles. The van der Waals surface area contributed by atoms with Gasteiger partial charge in [0.25, 0.3) is 5.91 Å². The van der Waals surface area contributed by atoms with Crippen LogP contribution in [0, 0.1) is 6.92 Å². The van der Waals surface area contributed by atoms with Gasteiger partial charge in [0.05, 0.1) is 24.0 Å². The van der Waals surface area contributed by atoms with Gasteiger partial charge in [-0.25, -0.2) is 9.48 Å². The average Bonchev–Trinajstić information content (AvgIpc) is 3.02. The second kappa shape index (κ2) is 7.24. The fourth-order valence-electron chi connectivity index (χ4n) is 2.60. The molecule has 0 spiro atoms. The molecule has 8 nitrogen and oxygen atoms in total. The van der Waals surface area contributed by atoms with E-state index in [1.807, 2.05) is 37.3 Å². The van der Waals surface area contributed by atoms with Gasteiger partial charge in [-0.15, -0.1) is 0 Å². The van der Waals surface area contributed by atoms with Crippen LogP contribution in [0.4, 0.5) is 10.5 Å². The van der Waals surface area contributed by atoms with Gasteiger partial charge in [0.2, 0.25) is 6.10 Å². The summed E-state index contributed by atoms with van der Waals surface area (Å²) in [6.07, 6.45) is -0.771. The summed E-state index contributed by atoms with van der Waals surface area (Å²) < 4.78 is 6.34. The molecule has 2 amide bonds. The zero-order valence-electron chi connectivity index (χ0n) is 14.0. The van der Waals surface area contributed by atoms with Crippen LogP contribution in [0.1, 0.15) is 5.56 Å². The second-order valence-corrected chi connectivity index (χ2v) is 5.77. The number of hydrogen-bond acceptors (Lipinski definition) is 5. The Morgan fingerprint density at radius 3 is 2.81 bits per heavy atom. The predicted molar refractivity (Wildman–Crippen MR) is 96.0 cm³/mol. The van der Waals surface area contributed by atoms with Crippen molar-refractivity contribution in [3.05, 3.63) is 54.2 Å². The second-order valence-electron chi connectivity index (χ2n) is 5.77. The Bertz CT molecular complexity index is 967. The zero-order valence-corrected chi connectivity index (χ0v) is 14.0. The Morgan fingerprint density at radius 2 is 2.12 bits per heavy atom. The summed E-state index contributed by atoms with van der Waals surface area (Å²) >= 11 is 0. The van der Waals surface area contributed by atoms with E-state index in [1.165, 1.54) is 0 Å². The number of nitrogens with zero attached hydrogens (tertiary/aromatic N) is 2. The monoisotopic (exact) mass is 354 g/mol. The van der Waals surface area contributed by atoms with Crippen molar-refractivity contribution in [2.45, 2.75) is 13.0 Å². The van der Waals surface area contributed by atoms with Crippen LogP contribution >= 0.6 is 0 Å². The van der Waals surface area contributed by atoms with Crippen LogP contribution < -0.4 is 11.1 Å². The van der Waals surface area contributed by atoms with E-state index >= 15 is 0 Å². The standard InChI is InChI=1S/C18H18N4O4/c1-11-3-2-4-14(7-11)22-15-8-13(6-5-12(15)9-20-22)21-17(24)16(10-23)26-18(19)25/h2-9,16,23H,10H2,1H3,(H2,19,25)(H,21,24)/t16-/m0/s1. The topological polar surface area (TPSA) is 119 Å². The van der Waals surface area contributed by atoms with E-state index < -0.39 is 24.7 Å². The Labute approximate surface area is 149 Å². The normalized spacial score (nSPS) is 11.9. The lowest BCUT2D eigenvalue weighted by atomic mass is 10.2. The largest absolute Gasteiger partial charge is 0.434 e. The lowest BCUT2D eigenvalue weighted by molar-refractivity contribution is -0.125. The van der Waals surface area contributed by atoms with Gasteiger partial charge in [-0.2, -0.15) is 5.10 Å². The van der Waals surface area contributed by atoms with Gasteiger partial charge in [0, 0.05) is 11.1 Å². The molecule has 1 heterocycles. The minimum atomic E-state index is -1.37. The molecule has 2 aromatic carbocycles. The number of anilines is 1. The van der Waals surface area contributed by atoms with Crippen LogP contribution in [0.15, 0.2) is 48.7 Å². The number of aliphatic hydroxyl groups is 1. The van der Waals surface area contributed by atoms with E-state index in [0.717, 1.165) is 22.2 Å². The highest BCUT2D eigenvalue weighted by Gasteiger charge is 2.21. The third-order valence-corrected chi connectivity index (χ3v) is 3.80. The van der Waals surface area contributed by atoms with Crippen LogP contribution in [0.5, 0.6) is 0 Å². The van der Waals surface area contributed by atoms with Crippen molar-refractivity contribution < 1.29 is 19.4 Å². The molecule has 0 aliphatic carbocycles. The Kier molecular flexibility index (Phi) is 4.85. The Hall–Kier alpha value is -3.39. The van der Waals surface area contributed by atoms with E-state index in [1.54, 1.807) is 23.0 Å². The van der Waals surface area contributed by atoms with E-state index in [-0.39, 0.29) is 0 Å². The van der Waals surface area contributed by atoms with Crippen molar-refractivity contribution in [2.75, 3.05) is 11.9 Å². The maximum absolute atomic E-state index is 12.1. The van der Waals surface area contributed by atoms with E-state index in [2.05, 4.69) is 15.2 Å². The van der Waals surface area contributed by atoms with Crippen LogP contribution in [-0.2, 0) is 9.53 Å². The summed E-state index contributed by atoms with van der Waals surface area (Å²) in [5.41, 5.74) is 8.16. The van der Waals surface area contributed by atoms with Gasteiger partial charge in [-0.05, 0) is 42.8 Å². The van der Waals surface area contributed by atoms with Crippen molar-refractivity contribution in [2.24, 2.45) is 5.73 Å². The number of benzene rings is 2. The molecule has 8 heteroatoms. The number of rotatable bonds is 5. The third kappa shape index (κ3) is 3.65. The number of hydrogen-bond donors (Lipinski definition) is 3. The first-order chi connectivity index (χ1) is 12.5. The highest BCUT2D eigenvalue weighted by molar-refractivity contribution is 5.97. The van der Waals surface area contributed by atoms with Gasteiger partial charge >= 0.3 is 6.09 Å². The summed E-state index contributed by atoms with van der Waals surface area (Å²) in [5, 5.41) is 17.1. The average molecular weight is 354 g/mol. The number of amides is 2. The predicted octanol–water partition coefficient (Wildman–Crippen LogP) is 1.73. The molecular weight excluding hydrogens is 336 g/mol. The van der Waals surface area contributed by atoms with E-state index in [4.69, 9.17) is 5.73 Å². The van der Waals surface area contributed by atoms with Gasteiger partial charge in [0.1, 0.15) is 0 Å². The molecule has 4 N–H and O–H groups in total. The van der Waals surface area contributed by atoms with Gasteiger partial charge in [-0.3, -0.25) is 4.79 Å². The van der Waals surface area contributed by atoms with Crippen LogP contribution in [0.3, 0.4) is 0 Å². The number of aromatic nitrogens is 2. The lowest BCUT2D eigenvalue weighted by Gasteiger charge is -2.14. The summed E-state index contributed by atoms with van der Waals surface area (Å²) in [6, 6.07) is 13.1. The Balaban J connectivity index is 1.90. The number of ether oxygens (including phenoxy) is 1. The van der Waals surface area contributed by atoms with Gasteiger partial charge in [-0.1, -0.05) is 12.1 Å². The summed E-state index contributed by atoms with van der Waals surface area (Å²) in [4.78, 5) is 22.9. The number of nitrogens with two attached hydrogens (primary N) is 1. The number of fused-ring (bicyclic) bond motifs is 1. The summed E-state index contributed by atoms with van der Waals surface area (Å²) in [7, 11) is 0. The number of aliphatic hydroxyl groups excluding tert-OH is 1. The Morgan fingerprint density at radius 1 is 1.31 bits per heavy atom. The van der Waals surface area contributed by atoms with Gasteiger partial charge in [0.15, 0.2) is 0 Å². The molecule has 0 bridgehead atoms. The van der Waals surface area contributed by atoms with Gasteiger partial charge < -0.3 is 20.9 Å². The molecule has 0 fully saturated rings. The minimum Gasteiger partial charge on any atom is -0.434 e. The van der Waals surface area contributed by atoms with Crippen LogP contribution in [-0.4, -0.2) is 39.6 Å². The van der Waals surface area contributed by atoms with Crippen LogP contribution in [0.25, 0.3) is 16.6 Å². The molecular formula is C18H18N4O4. The number of aryl methyl sites for hydroxylation is 1. The number of primary amides is 1. The molecule has 134 valence electrons. The lowest BCUT2D eigenvalue weighted by Crippen LogP contribution is -2.37. The third-order valence-electron chi connectivity index (χ3n) is 3.80. The molecule has 26 heavy (non-hydrogen) atoms. The fraction of sp³-hybridized carbons (Fsp3) is 0.167. The summed E-state index contributed by atoms with van der Waals surface area (Å²) in [5.74, 6) is -0.674.